The topological polar surface area (TPSA) is 52.6 Å². The van der Waals surface area contributed by atoms with E-state index in [-0.39, 0.29) is 0 Å². The summed E-state index contributed by atoms with van der Waals surface area (Å²) >= 11 is 1.80. The number of nitrogens with zero attached hydrogens (tertiary/aromatic N) is 3. The number of guanidine groups is 1. The molecule has 0 saturated carbocycles. The molecule has 2 N–H and O–H groups in total. The number of aliphatic imine (C=N–C) groups is 1. The Kier molecular flexibility index (Phi) is 6.07. The number of hydrogen-bond acceptors (Lipinski definition) is 4. The zero-order chi connectivity index (χ0) is 19.2. The van der Waals surface area contributed by atoms with E-state index in [0.717, 1.165) is 50.4 Å². The van der Waals surface area contributed by atoms with Gasteiger partial charge in [0, 0.05) is 44.8 Å². The fourth-order valence-electron chi connectivity index (χ4n) is 3.61. The summed E-state index contributed by atoms with van der Waals surface area (Å²) in [5.74, 6) is 0.893. The van der Waals surface area contributed by atoms with Crippen LogP contribution in [0.4, 0.5) is 5.69 Å². The van der Waals surface area contributed by atoms with Gasteiger partial charge in [0.25, 0.3) is 0 Å². The fourth-order valence-corrected chi connectivity index (χ4v) is 4.62. The molecule has 4 rings (SSSR count). The molecule has 1 atom stereocenters. The molecule has 0 amide bonds. The maximum Gasteiger partial charge on any atom is 0.191 e. The summed E-state index contributed by atoms with van der Waals surface area (Å²) in [6.07, 6.45) is 3.16. The number of fused-ring (bicyclic) bond motifs is 1. The van der Waals surface area contributed by atoms with Crippen molar-refractivity contribution in [3.05, 3.63) is 59.6 Å². The highest BCUT2D eigenvalue weighted by Crippen LogP contribution is 2.22. The Morgan fingerprint density at radius 2 is 2.00 bits per heavy atom. The van der Waals surface area contributed by atoms with Crippen LogP contribution in [0.3, 0.4) is 0 Å². The molecular weight excluding hydrogens is 366 g/mol. The first-order chi connectivity index (χ1) is 13.8. The lowest BCUT2D eigenvalue weighted by molar-refractivity contribution is 0.643. The number of rotatable bonds is 6. The first-order valence-corrected chi connectivity index (χ1v) is 10.7. The van der Waals surface area contributed by atoms with Crippen LogP contribution in [-0.2, 0) is 6.42 Å². The minimum absolute atomic E-state index is 0.427. The number of benzene rings is 2. The predicted molar refractivity (Wildman–Crippen MR) is 119 cm³/mol. The van der Waals surface area contributed by atoms with E-state index in [2.05, 4.69) is 69.1 Å². The van der Waals surface area contributed by atoms with Gasteiger partial charge in [-0.05, 0) is 37.1 Å². The lowest BCUT2D eigenvalue weighted by Crippen LogP contribution is -2.44. The van der Waals surface area contributed by atoms with Gasteiger partial charge in [0.2, 0.25) is 0 Å². The average molecular weight is 394 g/mol. The van der Waals surface area contributed by atoms with Crippen molar-refractivity contribution in [2.75, 3.05) is 31.6 Å². The van der Waals surface area contributed by atoms with Gasteiger partial charge in [-0.2, -0.15) is 0 Å². The lowest BCUT2D eigenvalue weighted by Gasteiger charge is -2.20. The van der Waals surface area contributed by atoms with Crippen molar-refractivity contribution in [3.63, 3.8) is 0 Å². The van der Waals surface area contributed by atoms with Crippen LogP contribution in [0.5, 0.6) is 0 Å². The van der Waals surface area contributed by atoms with Crippen molar-refractivity contribution in [3.8, 4) is 0 Å². The molecule has 6 heteroatoms. The number of anilines is 1. The van der Waals surface area contributed by atoms with E-state index >= 15 is 0 Å². The lowest BCUT2D eigenvalue weighted by atomic mass is 10.2. The minimum atomic E-state index is 0.427. The average Bonchev–Trinajstić information content (AvgIpc) is 3.37. The Morgan fingerprint density at radius 3 is 2.82 bits per heavy atom. The zero-order valence-electron chi connectivity index (χ0n) is 16.3. The first-order valence-electron chi connectivity index (χ1n) is 9.93. The molecule has 1 saturated heterocycles. The van der Waals surface area contributed by atoms with Gasteiger partial charge in [0.1, 0.15) is 0 Å². The van der Waals surface area contributed by atoms with Crippen molar-refractivity contribution in [1.29, 1.82) is 0 Å². The molecule has 1 aromatic heterocycles. The molecule has 1 unspecified atom stereocenters. The van der Waals surface area contributed by atoms with Gasteiger partial charge in [0.05, 0.1) is 15.2 Å². The highest BCUT2D eigenvalue weighted by Gasteiger charge is 2.23. The van der Waals surface area contributed by atoms with Gasteiger partial charge in [0.15, 0.2) is 5.96 Å². The quantitative estimate of drug-likeness (QED) is 0.381. The molecule has 5 nitrogen and oxygen atoms in total. The van der Waals surface area contributed by atoms with Crippen LogP contribution in [-0.4, -0.2) is 43.7 Å². The highest BCUT2D eigenvalue weighted by atomic mass is 32.1. The summed E-state index contributed by atoms with van der Waals surface area (Å²) in [5, 5.41) is 8.23. The van der Waals surface area contributed by atoms with Gasteiger partial charge >= 0.3 is 0 Å². The Morgan fingerprint density at radius 1 is 1.18 bits per heavy atom. The number of hydrogen-bond donors (Lipinski definition) is 2. The fraction of sp³-hybridized carbons (Fsp3) is 0.364. The molecule has 1 aliphatic heterocycles. The van der Waals surface area contributed by atoms with E-state index < -0.39 is 0 Å². The normalized spacial score (nSPS) is 17.2. The van der Waals surface area contributed by atoms with Crippen molar-refractivity contribution in [2.45, 2.75) is 25.3 Å². The molecule has 2 aromatic carbocycles. The monoisotopic (exact) mass is 393 g/mol. The summed E-state index contributed by atoms with van der Waals surface area (Å²) < 4.78 is 1.27. The molecule has 0 aliphatic carbocycles. The first kappa shape index (κ1) is 18.7. The summed E-state index contributed by atoms with van der Waals surface area (Å²) in [4.78, 5) is 11.5. The molecule has 3 aromatic rings. The van der Waals surface area contributed by atoms with Crippen LogP contribution in [0.15, 0.2) is 59.6 Å². The molecule has 0 spiro atoms. The van der Waals surface area contributed by atoms with Crippen LogP contribution >= 0.6 is 11.3 Å². The molecule has 146 valence electrons. The van der Waals surface area contributed by atoms with Crippen LogP contribution in [0.25, 0.3) is 10.2 Å². The Labute approximate surface area is 170 Å². The maximum atomic E-state index is 4.71. The molecule has 2 heterocycles. The van der Waals surface area contributed by atoms with E-state index in [1.165, 1.54) is 15.4 Å². The van der Waals surface area contributed by atoms with Crippen LogP contribution < -0.4 is 15.5 Å². The van der Waals surface area contributed by atoms with E-state index in [9.17, 15) is 0 Å². The zero-order valence-corrected chi connectivity index (χ0v) is 17.1. The molecule has 1 aliphatic rings. The Balaban J connectivity index is 1.21. The number of para-hydroxylation sites is 2. The van der Waals surface area contributed by atoms with Crippen LogP contribution in [0, 0.1) is 0 Å². The van der Waals surface area contributed by atoms with Crippen molar-refractivity contribution >= 4 is 33.2 Å². The predicted octanol–water partition coefficient (Wildman–Crippen LogP) is 3.67. The Hall–Kier alpha value is -2.60. The summed E-state index contributed by atoms with van der Waals surface area (Å²) in [7, 11) is 1.84. The van der Waals surface area contributed by atoms with E-state index in [1.807, 2.05) is 13.1 Å². The van der Waals surface area contributed by atoms with E-state index in [4.69, 9.17) is 4.98 Å². The summed E-state index contributed by atoms with van der Waals surface area (Å²) in [5.41, 5.74) is 2.41. The van der Waals surface area contributed by atoms with Crippen LogP contribution in [0.1, 0.15) is 17.8 Å². The smallest absolute Gasteiger partial charge is 0.191 e. The minimum Gasteiger partial charge on any atom is -0.369 e. The van der Waals surface area contributed by atoms with Gasteiger partial charge in [-0.1, -0.05) is 30.3 Å². The van der Waals surface area contributed by atoms with Gasteiger partial charge in [-0.15, -0.1) is 11.3 Å². The molecule has 0 radical (unpaired) electrons. The number of nitrogens with one attached hydrogen (secondary N) is 2. The third-order valence-corrected chi connectivity index (χ3v) is 6.17. The number of aryl methyl sites for hydroxylation is 1. The second kappa shape index (κ2) is 9.06. The van der Waals surface area contributed by atoms with Crippen molar-refractivity contribution in [1.82, 2.24) is 15.6 Å². The number of aromatic nitrogens is 1. The maximum absolute atomic E-state index is 4.71. The molecule has 28 heavy (non-hydrogen) atoms. The van der Waals surface area contributed by atoms with E-state index in [1.54, 1.807) is 11.3 Å². The van der Waals surface area contributed by atoms with Gasteiger partial charge < -0.3 is 15.5 Å². The molecule has 1 fully saturated rings. The highest BCUT2D eigenvalue weighted by molar-refractivity contribution is 7.18. The van der Waals surface area contributed by atoms with E-state index in [0.29, 0.717) is 6.04 Å². The third kappa shape index (κ3) is 4.62. The number of thiazole rings is 1. The Bertz CT molecular complexity index is 888. The van der Waals surface area contributed by atoms with Crippen LogP contribution in [0.2, 0.25) is 0 Å². The SMILES string of the molecule is CN=C(NCCCc1nc2ccccc2s1)NC1CCN(c2ccccc2)C1. The second-order valence-electron chi connectivity index (χ2n) is 7.09. The van der Waals surface area contributed by atoms with Crippen molar-refractivity contribution < 1.29 is 0 Å². The molecular formula is C22H27N5S. The largest absolute Gasteiger partial charge is 0.369 e. The molecule has 0 bridgehead atoms. The summed E-state index contributed by atoms with van der Waals surface area (Å²) in [6, 6.07) is 19.4. The second-order valence-corrected chi connectivity index (χ2v) is 8.20. The van der Waals surface area contributed by atoms with Crippen molar-refractivity contribution in [2.24, 2.45) is 4.99 Å². The summed E-state index contributed by atoms with van der Waals surface area (Å²) in [6.45, 7) is 2.98. The van der Waals surface area contributed by atoms with Gasteiger partial charge in [-0.3, -0.25) is 4.99 Å². The standard InChI is InChI=1S/C22H27N5S/c1-23-22(25-17-13-15-27(16-17)18-8-3-2-4-9-18)24-14-7-12-21-26-19-10-5-6-11-20(19)28-21/h2-6,8-11,17H,7,12-16H2,1H3,(H2,23,24,25). The third-order valence-electron chi connectivity index (χ3n) is 5.07. The van der Waals surface area contributed by atoms with Gasteiger partial charge in [-0.25, -0.2) is 4.98 Å².